The lowest BCUT2D eigenvalue weighted by Crippen LogP contribution is -2.19. The normalized spacial score (nSPS) is 12.4. The van der Waals surface area contributed by atoms with E-state index in [9.17, 15) is 0 Å². The number of aryl methyl sites for hydroxylation is 2. The summed E-state index contributed by atoms with van der Waals surface area (Å²) in [7, 11) is 1.99. The van der Waals surface area contributed by atoms with E-state index >= 15 is 0 Å². The van der Waals surface area contributed by atoms with E-state index in [4.69, 9.17) is 11.6 Å². The average molecular weight is 353 g/mol. The van der Waals surface area contributed by atoms with E-state index in [0.29, 0.717) is 0 Å². The summed E-state index contributed by atoms with van der Waals surface area (Å²) in [5, 5.41) is 4.19. The van der Waals surface area contributed by atoms with Crippen molar-refractivity contribution in [1.82, 2.24) is 5.32 Å². The van der Waals surface area contributed by atoms with Crippen LogP contribution < -0.4 is 5.32 Å². The summed E-state index contributed by atoms with van der Waals surface area (Å²) in [6.45, 7) is 4.29. The monoisotopic (exact) mass is 351 g/mol. The van der Waals surface area contributed by atoms with Gasteiger partial charge >= 0.3 is 0 Å². The van der Waals surface area contributed by atoms with Crippen molar-refractivity contribution in [2.75, 3.05) is 7.05 Å². The van der Waals surface area contributed by atoms with Crippen LogP contribution in [0.4, 0.5) is 0 Å². The number of likely N-dealkylation sites (N-methyl/N-ethyl adjacent to an activating group) is 1. The largest absolute Gasteiger partial charge is 0.313 e. The minimum Gasteiger partial charge on any atom is -0.313 e. The maximum Gasteiger partial charge on any atom is 0.0449 e. The summed E-state index contributed by atoms with van der Waals surface area (Å²) in [4.78, 5) is 0. The Labute approximate surface area is 134 Å². The van der Waals surface area contributed by atoms with Gasteiger partial charge in [-0.05, 0) is 61.7 Å². The highest BCUT2D eigenvalue weighted by Gasteiger charge is 2.13. The number of benzene rings is 2. The zero-order chi connectivity index (χ0) is 14.7. The van der Waals surface area contributed by atoms with Crippen molar-refractivity contribution in [1.29, 1.82) is 0 Å². The van der Waals surface area contributed by atoms with Gasteiger partial charge in [-0.3, -0.25) is 0 Å². The Balaban J connectivity index is 2.26. The van der Waals surface area contributed by atoms with E-state index in [0.717, 1.165) is 21.5 Å². The van der Waals surface area contributed by atoms with E-state index in [-0.39, 0.29) is 6.04 Å². The molecule has 0 saturated carbocycles. The van der Waals surface area contributed by atoms with Crippen molar-refractivity contribution < 1.29 is 0 Å². The van der Waals surface area contributed by atoms with Crippen molar-refractivity contribution >= 4 is 27.5 Å². The molecule has 0 aliphatic heterocycles. The van der Waals surface area contributed by atoms with Crippen molar-refractivity contribution in [3.8, 4) is 0 Å². The molecule has 0 aromatic heterocycles. The lowest BCUT2D eigenvalue weighted by atomic mass is 9.96. The van der Waals surface area contributed by atoms with E-state index in [2.05, 4.69) is 59.4 Å². The van der Waals surface area contributed by atoms with Gasteiger partial charge < -0.3 is 5.32 Å². The molecule has 0 bridgehead atoms. The molecule has 0 aliphatic rings. The Morgan fingerprint density at radius 1 is 1.10 bits per heavy atom. The quantitative estimate of drug-likeness (QED) is 0.795. The van der Waals surface area contributed by atoms with Gasteiger partial charge in [-0.25, -0.2) is 0 Å². The van der Waals surface area contributed by atoms with Gasteiger partial charge in [-0.2, -0.15) is 0 Å². The van der Waals surface area contributed by atoms with Crippen LogP contribution in [0.25, 0.3) is 0 Å². The van der Waals surface area contributed by atoms with Crippen LogP contribution in [0, 0.1) is 13.8 Å². The molecule has 2 aromatic rings. The maximum atomic E-state index is 6.32. The Bertz CT molecular complexity index is 610. The van der Waals surface area contributed by atoms with Crippen LogP contribution in [0.2, 0.25) is 5.02 Å². The predicted molar refractivity (Wildman–Crippen MR) is 90.6 cm³/mol. The standard InChI is InChI=1S/C17H19BrClN/c1-11-4-5-14(8-12(11)2)17(20-3)9-13-6-7-15(18)10-16(13)19/h4-8,10,17,20H,9H2,1-3H3. The zero-order valence-corrected chi connectivity index (χ0v) is 14.3. The summed E-state index contributed by atoms with van der Waals surface area (Å²) in [6.07, 6.45) is 0.880. The molecule has 2 rings (SSSR count). The Hall–Kier alpha value is -0.830. The van der Waals surface area contributed by atoms with Crippen LogP contribution in [0.1, 0.15) is 28.3 Å². The van der Waals surface area contributed by atoms with Crippen molar-refractivity contribution in [2.24, 2.45) is 0 Å². The van der Waals surface area contributed by atoms with Gasteiger partial charge in [0.2, 0.25) is 0 Å². The third-order valence-electron chi connectivity index (χ3n) is 3.72. The Kier molecular flexibility index (Phi) is 5.25. The van der Waals surface area contributed by atoms with Gasteiger partial charge in [0.15, 0.2) is 0 Å². The lowest BCUT2D eigenvalue weighted by molar-refractivity contribution is 0.591. The first-order chi connectivity index (χ1) is 9.51. The fourth-order valence-corrected chi connectivity index (χ4v) is 3.03. The number of rotatable bonds is 4. The highest BCUT2D eigenvalue weighted by Crippen LogP contribution is 2.27. The van der Waals surface area contributed by atoms with Crippen LogP contribution in [-0.2, 0) is 6.42 Å². The summed E-state index contributed by atoms with van der Waals surface area (Å²) in [6, 6.07) is 13.0. The van der Waals surface area contributed by atoms with Crippen molar-refractivity contribution in [3.05, 3.63) is 68.1 Å². The molecule has 0 amide bonds. The molecule has 1 nitrogen and oxygen atoms in total. The topological polar surface area (TPSA) is 12.0 Å². The fraction of sp³-hybridized carbons (Fsp3) is 0.294. The minimum atomic E-state index is 0.271. The maximum absolute atomic E-state index is 6.32. The van der Waals surface area contributed by atoms with Crippen LogP contribution in [-0.4, -0.2) is 7.05 Å². The molecule has 1 N–H and O–H groups in total. The highest BCUT2D eigenvalue weighted by molar-refractivity contribution is 9.10. The second-order valence-corrected chi connectivity index (χ2v) is 6.45. The molecular weight excluding hydrogens is 334 g/mol. The number of hydrogen-bond acceptors (Lipinski definition) is 1. The molecule has 3 heteroatoms. The number of halogens is 2. The molecule has 0 spiro atoms. The summed E-state index contributed by atoms with van der Waals surface area (Å²) >= 11 is 9.76. The predicted octanol–water partition coefficient (Wildman–Crippen LogP) is 5.22. The Morgan fingerprint density at radius 3 is 2.45 bits per heavy atom. The van der Waals surface area contributed by atoms with Gasteiger partial charge in [0.1, 0.15) is 0 Å². The van der Waals surface area contributed by atoms with E-state index in [1.54, 1.807) is 0 Å². The first-order valence-electron chi connectivity index (χ1n) is 6.69. The SMILES string of the molecule is CNC(Cc1ccc(Br)cc1Cl)c1ccc(C)c(C)c1. The van der Waals surface area contributed by atoms with Gasteiger partial charge in [0.05, 0.1) is 0 Å². The molecular formula is C17H19BrClN. The molecule has 1 atom stereocenters. The fourth-order valence-electron chi connectivity index (χ4n) is 2.28. The molecule has 0 saturated heterocycles. The van der Waals surface area contributed by atoms with E-state index in [1.807, 2.05) is 19.2 Å². The first-order valence-corrected chi connectivity index (χ1v) is 7.86. The molecule has 106 valence electrons. The van der Waals surface area contributed by atoms with Crippen LogP contribution in [0.5, 0.6) is 0 Å². The summed E-state index contributed by atoms with van der Waals surface area (Å²) in [5.74, 6) is 0. The zero-order valence-electron chi connectivity index (χ0n) is 12.0. The van der Waals surface area contributed by atoms with Crippen molar-refractivity contribution in [2.45, 2.75) is 26.3 Å². The van der Waals surface area contributed by atoms with Crippen molar-refractivity contribution in [3.63, 3.8) is 0 Å². The van der Waals surface area contributed by atoms with Gasteiger partial charge in [0.25, 0.3) is 0 Å². The van der Waals surface area contributed by atoms with Crippen LogP contribution in [0.3, 0.4) is 0 Å². The second-order valence-electron chi connectivity index (χ2n) is 5.12. The third-order valence-corrected chi connectivity index (χ3v) is 4.57. The minimum absolute atomic E-state index is 0.271. The third kappa shape index (κ3) is 3.63. The lowest BCUT2D eigenvalue weighted by Gasteiger charge is -2.19. The Morgan fingerprint density at radius 2 is 1.85 bits per heavy atom. The second kappa shape index (κ2) is 6.75. The average Bonchev–Trinajstić information content (AvgIpc) is 2.41. The first kappa shape index (κ1) is 15.6. The molecule has 1 unspecified atom stereocenters. The van der Waals surface area contributed by atoms with E-state index < -0.39 is 0 Å². The van der Waals surface area contributed by atoms with Crippen LogP contribution in [0.15, 0.2) is 40.9 Å². The molecule has 0 aliphatic carbocycles. The molecule has 0 radical (unpaired) electrons. The molecule has 20 heavy (non-hydrogen) atoms. The highest BCUT2D eigenvalue weighted by atomic mass is 79.9. The smallest absolute Gasteiger partial charge is 0.0449 e. The summed E-state index contributed by atoms with van der Waals surface area (Å²) < 4.78 is 1.01. The molecule has 0 heterocycles. The number of nitrogens with one attached hydrogen (secondary N) is 1. The number of hydrogen-bond donors (Lipinski definition) is 1. The molecule has 0 fully saturated rings. The van der Waals surface area contributed by atoms with Crippen LogP contribution >= 0.6 is 27.5 Å². The van der Waals surface area contributed by atoms with Gasteiger partial charge in [0, 0.05) is 15.5 Å². The van der Waals surface area contributed by atoms with Gasteiger partial charge in [-0.1, -0.05) is 51.8 Å². The van der Waals surface area contributed by atoms with E-state index in [1.165, 1.54) is 16.7 Å². The molecule has 2 aromatic carbocycles. The summed E-state index contributed by atoms with van der Waals surface area (Å²) in [5.41, 5.74) is 5.11. The van der Waals surface area contributed by atoms with Gasteiger partial charge in [-0.15, -0.1) is 0 Å².